The summed E-state index contributed by atoms with van der Waals surface area (Å²) >= 11 is 0. The van der Waals surface area contributed by atoms with Gasteiger partial charge in [-0.2, -0.15) is 0 Å². The van der Waals surface area contributed by atoms with E-state index >= 15 is 0 Å². The molecule has 1 heterocycles. The molecule has 0 spiro atoms. The SMILES string of the molecule is CC[C@H](C)c1ccc(NC(=O)c2cc(C)on2)cc1. The fourth-order valence-corrected chi connectivity index (χ4v) is 1.80. The van der Waals surface area contributed by atoms with Gasteiger partial charge in [-0.25, -0.2) is 0 Å². The van der Waals surface area contributed by atoms with Crippen molar-refractivity contribution in [1.82, 2.24) is 5.16 Å². The molecule has 0 aliphatic heterocycles. The Morgan fingerprint density at radius 1 is 1.37 bits per heavy atom. The fourth-order valence-electron chi connectivity index (χ4n) is 1.80. The summed E-state index contributed by atoms with van der Waals surface area (Å²) < 4.78 is 4.88. The molecule has 100 valence electrons. The van der Waals surface area contributed by atoms with Crippen molar-refractivity contribution in [1.29, 1.82) is 0 Å². The number of aromatic nitrogens is 1. The van der Waals surface area contributed by atoms with Gasteiger partial charge in [0.05, 0.1) is 0 Å². The molecule has 4 heteroatoms. The minimum Gasteiger partial charge on any atom is -0.361 e. The number of nitrogens with one attached hydrogen (secondary N) is 1. The molecule has 1 amide bonds. The van der Waals surface area contributed by atoms with E-state index in [4.69, 9.17) is 4.52 Å². The topological polar surface area (TPSA) is 55.1 Å². The predicted molar refractivity (Wildman–Crippen MR) is 74.3 cm³/mol. The van der Waals surface area contributed by atoms with Crippen molar-refractivity contribution in [2.45, 2.75) is 33.1 Å². The smallest absolute Gasteiger partial charge is 0.277 e. The van der Waals surface area contributed by atoms with Gasteiger partial charge >= 0.3 is 0 Å². The lowest BCUT2D eigenvalue weighted by Crippen LogP contribution is -2.12. The van der Waals surface area contributed by atoms with Crippen LogP contribution in [0.4, 0.5) is 5.69 Å². The van der Waals surface area contributed by atoms with E-state index in [2.05, 4.69) is 24.3 Å². The number of carbonyl (C=O) groups excluding carboxylic acids is 1. The van der Waals surface area contributed by atoms with Gasteiger partial charge in [-0.15, -0.1) is 0 Å². The lowest BCUT2D eigenvalue weighted by Gasteiger charge is -2.10. The normalized spacial score (nSPS) is 12.2. The fraction of sp³-hybridized carbons (Fsp3) is 0.333. The zero-order valence-corrected chi connectivity index (χ0v) is 11.4. The van der Waals surface area contributed by atoms with E-state index in [9.17, 15) is 4.79 Å². The van der Waals surface area contributed by atoms with E-state index in [1.807, 2.05) is 24.3 Å². The first-order valence-electron chi connectivity index (χ1n) is 6.44. The zero-order chi connectivity index (χ0) is 13.8. The van der Waals surface area contributed by atoms with Crippen molar-refractivity contribution < 1.29 is 9.32 Å². The maximum atomic E-state index is 11.9. The maximum absolute atomic E-state index is 11.9. The molecule has 0 bridgehead atoms. The first kappa shape index (κ1) is 13.3. The van der Waals surface area contributed by atoms with Crippen molar-refractivity contribution in [2.75, 3.05) is 5.32 Å². The Labute approximate surface area is 112 Å². The van der Waals surface area contributed by atoms with E-state index in [0.29, 0.717) is 17.4 Å². The molecule has 1 atom stereocenters. The van der Waals surface area contributed by atoms with E-state index in [-0.39, 0.29) is 5.91 Å². The summed E-state index contributed by atoms with van der Waals surface area (Å²) in [5.41, 5.74) is 2.33. The van der Waals surface area contributed by atoms with Gasteiger partial charge in [0.15, 0.2) is 5.69 Å². The third kappa shape index (κ3) is 3.22. The molecule has 19 heavy (non-hydrogen) atoms. The monoisotopic (exact) mass is 258 g/mol. The van der Waals surface area contributed by atoms with Crippen molar-refractivity contribution in [3.8, 4) is 0 Å². The molecule has 0 aliphatic carbocycles. The van der Waals surface area contributed by atoms with Gasteiger partial charge in [0.25, 0.3) is 5.91 Å². The number of nitrogens with zero attached hydrogens (tertiary/aromatic N) is 1. The number of amides is 1. The second kappa shape index (κ2) is 5.69. The van der Waals surface area contributed by atoms with Crippen LogP contribution in [0.25, 0.3) is 0 Å². The Morgan fingerprint density at radius 3 is 2.58 bits per heavy atom. The van der Waals surface area contributed by atoms with Crippen molar-refractivity contribution in [2.24, 2.45) is 0 Å². The molecule has 0 fully saturated rings. The lowest BCUT2D eigenvalue weighted by atomic mass is 9.99. The first-order chi connectivity index (χ1) is 9.10. The number of hydrogen-bond donors (Lipinski definition) is 1. The van der Waals surface area contributed by atoms with E-state index in [1.54, 1.807) is 13.0 Å². The number of carbonyl (C=O) groups is 1. The molecule has 0 saturated carbocycles. The van der Waals surface area contributed by atoms with Crippen LogP contribution in [0.15, 0.2) is 34.9 Å². The number of benzene rings is 1. The maximum Gasteiger partial charge on any atom is 0.277 e. The van der Waals surface area contributed by atoms with Crippen LogP contribution in [0.1, 0.15) is 48.0 Å². The lowest BCUT2D eigenvalue weighted by molar-refractivity contribution is 0.101. The Kier molecular flexibility index (Phi) is 4.00. The number of rotatable bonds is 4. The third-order valence-corrected chi connectivity index (χ3v) is 3.21. The average Bonchev–Trinajstić information content (AvgIpc) is 2.85. The van der Waals surface area contributed by atoms with Crippen molar-refractivity contribution >= 4 is 11.6 Å². The molecule has 2 aromatic rings. The van der Waals surface area contributed by atoms with Crippen molar-refractivity contribution in [3.63, 3.8) is 0 Å². The highest BCUT2D eigenvalue weighted by molar-refractivity contribution is 6.02. The molecule has 1 aromatic carbocycles. The predicted octanol–water partition coefficient (Wildman–Crippen LogP) is 3.75. The van der Waals surface area contributed by atoms with Crippen LogP contribution in [0, 0.1) is 6.92 Å². The molecule has 0 aliphatic rings. The second-order valence-corrected chi connectivity index (χ2v) is 4.71. The highest BCUT2D eigenvalue weighted by Crippen LogP contribution is 2.20. The van der Waals surface area contributed by atoms with Gasteiger partial charge in [0.1, 0.15) is 5.76 Å². The number of aryl methyl sites for hydroxylation is 1. The minimum absolute atomic E-state index is 0.256. The molecule has 0 saturated heterocycles. The summed E-state index contributed by atoms with van der Waals surface area (Å²) in [6.07, 6.45) is 1.10. The van der Waals surface area contributed by atoms with Gasteiger partial charge in [-0.05, 0) is 37.0 Å². The Balaban J connectivity index is 2.05. The molecule has 2 rings (SSSR count). The van der Waals surface area contributed by atoms with E-state index < -0.39 is 0 Å². The molecular formula is C15H18N2O2. The molecule has 1 N–H and O–H groups in total. The van der Waals surface area contributed by atoms with Gasteiger partial charge in [0, 0.05) is 11.8 Å². The van der Waals surface area contributed by atoms with E-state index in [0.717, 1.165) is 12.1 Å². The standard InChI is InChI=1S/C15H18N2O2/c1-4-10(2)12-5-7-13(8-6-12)16-15(18)14-9-11(3)19-17-14/h5-10H,4H2,1-3H3,(H,16,18)/t10-/m0/s1. The van der Waals surface area contributed by atoms with Gasteiger partial charge in [0.2, 0.25) is 0 Å². The van der Waals surface area contributed by atoms with Crippen LogP contribution in [0.2, 0.25) is 0 Å². The largest absolute Gasteiger partial charge is 0.361 e. The molecule has 0 unspecified atom stereocenters. The molecular weight excluding hydrogens is 240 g/mol. The quantitative estimate of drug-likeness (QED) is 0.908. The number of anilines is 1. The molecule has 4 nitrogen and oxygen atoms in total. The Morgan fingerprint density at radius 2 is 2.05 bits per heavy atom. The third-order valence-electron chi connectivity index (χ3n) is 3.21. The summed E-state index contributed by atoms with van der Waals surface area (Å²) in [5.74, 6) is 0.897. The van der Waals surface area contributed by atoms with Crippen LogP contribution in [0.5, 0.6) is 0 Å². The van der Waals surface area contributed by atoms with Crippen LogP contribution in [-0.4, -0.2) is 11.1 Å². The Bertz CT molecular complexity index is 558. The summed E-state index contributed by atoms with van der Waals surface area (Å²) in [6.45, 7) is 6.10. The van der Waals surface area contributed by atoms with E-state index in [1.165, 1.54) is 5.56 Å². The Hall–Kier alpha value is -2.10. The van der Waals surface area contributed by atoms with Gasteiger partial charge in [-0.3, -0.25) is 4.79 Å². The summed E-state index contributed by atoms with van der Waals surface area (Å²) in [6, 6.07) is 9.51. The highest BCUT2D eigenvalue weighted by atomic mass is 16.5. The highest BCUT2D eigenvalue weighted by Gasteiger charge is 2.11. The van der Waals surface area contributed by atoms with Crippen LogP contribution >= 0.6 is 0 Å². The first-order valence-corrected chi connectivity index (χ1v) is 6.44. The zero-order valence-electron chi connectivity index (χ0n) is 11.4. The van der Waals surface area contributed by atoms with Gasteiger partial charge in [-0.1, -0.05) is 31.1 Å². The molecule has 0 radical (unpaired) electrons. The molecule has 1 aromatic heterocycles. The van der Waals surface area contributed by atoms with Crippen LogP contribution in [-0.2, 0) is 0 Å². The second-order valence-electron chi connectivity index (χ2n) is 4.71. The van der Waals surface area contributed by atoms with Crippen molar-refractivity contribution in [3.05, 3.63) is 47.3 Å². The van der Waals surface area contributed by atoms with Gasteiger partial charge < -0.3 is 9.84 Å². The van der Waals surface area contributed by atoms with Crippen LogP contribution in [0.3, 0.4) is 0 Å². The minimum atomic E-state index is -0.256. The summed E-state index contributed by atoms with van der Waals surface area (Å²) in [5, 5.41) is 6.48. The summed E-state index contributed by atoms with van der Waals surface area (Å²) in [7, 11) is 0. The number of hydrogen-bond acceptors (Lipinski definition) is 3. The summed E-state index contributed by atoms with van der Waals surface area (Å²) in [4.78, 5) is 11.9. The van der Waals surface area contributed by atoms with Crippen LogP contribution < -0.4 is 5.32 Å². The average molecular weight is 258 g/mol.